The Morgan fingerprint density at radius 1 is 0.897 bits per heavy atom. The molecule has 0 saturated carbocycles. The number of ketones is 1. The van der Waals surface area contributed by atoms with E-state index >= 15 is 0 Å². The van der Waals surface area contributed by atoms with Crippen LogP contribution in [0.4, 0.5) is 0 Å². The van der Waals surface area contributed by atoms with Gasteiger partial charge in [0.05, 0.1) is 6.61 Å². The number of rotatable bonds is 7. The minimum Gasteiger partial charge on any atom is -0.396 e. The van der Waals surface area contributed by atoms with Crippen LogP contribution in [0.5, 0.6) is 0 Å². The monoisotopic (exact) mass is 407 g/mol. The zero-order chi connectivity index (χ0) is 20.5. The molecule has 1 fully saturated rings. The molecular formula is C24H25NO3S. The Kier molecular flexibility index (Phi) is 7.85. The molecule has 2 aromatic rings. The molecule has 0 bridgehead atoms. The van der Waals surface area contributed by atoms with E-state index < -0.39 is 0 Å². The molecule has 2 aromatic carbocycles. The molecule has 0 aliphatic carbocycles. The molecule has 4 nitrogen and oxygen atoms in total. The summed E-state index contributed by atoms with van der Waals surface area (Å²) < 4.78 is 0. The predicted molar refractivity (Wildman–Crippen MR) is 119 cm³/mol. The average Bonchev–Trinajstić information content (AvgIpc) is 2.75. The summed E-state index contributed by atoms with van der Waals surface area (Å²) in [7, 11) is 0. The maximum atomic E-state index is 13.1. The van der Waals surface area contributed by atoms with Crippen LogP contribution in [-0.4, -0.2) is 52.9 Å². The van der Waals surface area contributed by atoms with Crippen LogP contribution in [0.1, 0.15) is 17.5 Å². The topological polar surface area (TPSA) is 57.6 Å². The van der Waals surface area contributed by atoms with Crippen molar-refractivity contribution in [2.45, 2.75) is 6.42 Å². The quantitative estimate of drug-likeness (QED) is 0.562. The first-order valence-electron chi connectivity index (χ1n) is 9.69. The normalized spacial score (nSPS) is 17.1. The Balaban J connectivity index is 1.84. The van der Waals surface area contributed by atoms with Crippen LogP contribution in [-0.2, 0) is 9.59 Å². The Morgan fingerprint density at radius 3 is 1.90 bits per heavy atom. The van der Waals surface area contributed by atoms with Crippen LogP contribution in [0.15, 0.2) is 71.8 Å². The molecule has 3 rings (SSSR count). The van der Waals surface area contributed by atoms with E-state index in [1.165, 1.54) is 0 Å². The number of likely N-dealkylation sites (tertiary alicyclic amines) is 1. The summed E-state index contributed by atoms with van der Waals surface area (Å²) in [6.45, 7) is 0.762. The van der Waals surface area contributed by atoms with E-state index in [0.29, 0.717) is 42.2 Å². The summed E-state index contributed by atoms with van der Waals surface area (Å²) in [5.41, 5.74) is 3.15. The Bertz CT molecular complexity index is 829. The molecule has 1 aliphatic heterocycles. The van der Waals surface area contributed by atoms with Gasteiger partial charge in [-0.2, -0.15) is 11.8 Å². The number of amides is 1. The van der Waals surface area contributed by atoms with Crippen molar-refractivity contribution < 1.29 is 14.7 Å². The van der Waals surface area contributed by atoms with Gasteiger partial charge in [0.15, 0.2) is 5.78 Å². The smallest absolute Gasteiger partial charge is 0.224 e. The van der Waals surface area contributed by atoms with Crippen molar-refractivity contribution >= 4 is 35.6 Å². The molecule has 0 radical (unpaired) electrons. The van der Waals surface area contributed by atoms with E-state index in [2.05, 4.69) is 0 Å². The van der Waals surface area contributed by atoms with E-state index in [1.807, 2.05) is 72.8 Å². The second-order valence-electron chi connectivity index (χ2n) is 6.83. The van der Waals surface area contributed by atoms with Crippen molar-refractivity contribution in [2.24, 2.45) is 0 Å². The van der Waals surface area contributed by atoms with Gasteiger partial charge in [-0.3, -0.25) is 9.59 Å². The van der Waals surface area contributed by atoms with Gasteiger partial charge in [-0.1, -0.05) is 60.7 Å². The second kappa shape index (κ2) is 10.8. The summed E-state index contributed by atoms with van der Waals surface area (Å²) in [5, 5.41) is 8.89. The molecule has 1 N–H and O–H groups in total. The highest BCUT2D eigenvalue weighted by Gasteiger charge is 2.28. The number of carbonyl (C=O) groups excluding carboxylic acids is 2. The van der Waals surface area contributed by atoms with Gasteiger partial charge in [-0.25, -0.2) is 0 Å². The Labute approximate surface area is 175 Å². The second-order valence-corrected chi connectivity index (χ2v) is 8.05. The van der Waals surface area contributed by atoms with Gasteiger partial charge in [-0.15, -0.1) is 0 Å². The van der Waals surface area contributed by atoms with Gasteiger partial charge in [0.2, 0.25) is 5.91 Å². The summed E-state index contributed by atoms with van der Waals surface area (Å²) >= 11 is 1.56. The predicted octanol–water partition coefficient (Wildman–Crippen LogP) is 3.68. The fourth-order valence-electron chi connectivity index (χ4n) is 3.20. The fraction of sp³-hybridized carbons (Fsp3) is 0.250. The molecule has 1 heterocycles. The van der Waals surface area contributed by atoms with Crippen molar-refractivity contribution in [1.82, 2.24) is 4.90 Å². The van der Waals surface area contributed by atoms with Gasteiger partial charge in [0.25, 0.3) is 0 Å². The molecule has 1 amide bonds. The van der Waals surface area contributed by atoms with Crippen molar-refractivity contribution in [3.8, 4) is 0 Å². The van der Waals surface area contributed by atoms with Crippen LogP contribution < -0.4 is 0 Å². The summed E-state index contributed by atoms with van der Waals surface area (Å²) in [6, 6.07) is 19.4. The highest BCUT2D eigenvalue weighted by molar-refractivity contribution is 7.99. The first kappa shape index (κ1) is 21.1. The van der Waals surface area contributed by atoms with Crippen LogP contribution >= 0.6 is 11.8 Å². The number of hydrogen-bond acceptors (Lipinski definition) is 4. The molecule has 0 unspecified atom stereocenters. The Hall–Kier alpha value is -2.63. The summed E-state index contributed by atoms with van der Waals surface area (Å²) in [6.07, 6.45) is 4.15. The molecule has 1 aliphatic rings. The minimum absolute atomic E-state index is 0.00332. The number of thioether (sulfide) groups is 1. The number of Topliss-reactive ketones (excluding diaryl/α,β-unsaturated/α-hetero) is 1. The zero-order valence-electron chi connectivity index (χ0n) is 16.3. The Morgan fingerprint density at radius 2 is 1.41 bits per heavy atom. The molecule has 29 heavy (non-hydrogen) atoms. The highest BCUT2D eigenvalue weighted by atomic mass is 32.2. The van der Waals surface area contributed by atoms with Crippen molar-refractivity contribution in [3.05, 3.63) is 82.9 Å². The number of hydrogen-bond donors (Lipinski definition) is 1. The molecular weight excluding hydrogens is 382 g/mol. The average molecular weight is 408 g/mol. The zero-order valence-corrected chi connectivity index (χ0v) is 17.1. The third-order valence-electron chi connectivity index (χ3n) is 4.64. The third kappa shape index (κ3) is 6.17. The minimum atomic E-state index is -0.00332. The molecule has 0 aromatic heterocycles. The lowest BCUT2D eigenvalue weighted by Crippen LogP contribution is -2.41. The van der Waals surface area contributed by atoms with Crippen LogP contribution in [0.25, 0.3) is 12.2 Å². The number of nitrogens with zero attached hydrogens (tertiary/aromatic N) is 1. The van der Waals surface area contributed by atoms with Gasteiger partial charge in [-0.05, 0) is 23.3 Å². The van der Waals surface area contributed by atoms with E-state index in [0.717, 1.165) is 11.1 Å². The summed E-state index contributed by atoms with van der Waals surface area (Å²) in [4.78, 5) is 27.6. The van der Waals surface area contributed by atoms with E-state index in [-0.39, 0.29) is 18.3 Å². The largest absolute Gasteiger partial charge is 0.396 e. The third-order valence-corrected chi connectivity index (χ3v) is 5.60. The van der Waals surface area contributed by atoms with Crippen molar-refractivity contribution in [3.63, 3.8) is 0 Å². The molecule has 0 spiro atoms. The summed E-state index contributed by atoms with van der Waals surface area (Å²) in [5.74, 6) is 1.32. The SMILES string of the molecule is O=C1/C(=C/c2ccccc2)CN(C(=O)CCSCCO)C/C1=C\c1ccccc1. The van der Waals surface area contributed by atoms with Crippen molar-refractivity contribution in [2.75, 3.05) is 31.2 Å². The first-order valence-corrected chi connectivity index (χ1v) is 10.8. The van der Waals surface area contributed by atoms with Gasteiger partial charge in [0.1, 0.15) is 0 Å². The standard InChI is InChI=1S/C24H25NO3S/c26-12-14-29-13-11-23(27)25-17-21(15-19-7-3-1-4-8-19)24(28)22(18-25)16-20-9-5-2-6-10-20/h1-10,15-16,26H,11-14,17-18H2/b21-15+,22-16+. The van der Waals surface area contributed by atoms with E-state index in [9.17, 15) is 9.59 Å². The number of carbonyl (C=O) groups is 2. The number of aliphatic hydroxyl groups excluding tert-OH is 1. The van der Waals surface area contributed by atoms with E-state index in [4.69, 9.17) is 5.11 Å². The van der Waals surface area contributed by atoms with Crippen LogP contribution in [0, 0.1) is 0 Å². The lowest BCUT2D eigenvalue weighted by Gasteiger charge is -2.30. The van der Waals surface area contributed by atoms with E-state index in [1.54, 1.807) is 16.7 Å². The first-order chi connectivity index (χ1) is 14.2. The number of aliphatic hydroxyl groups is 1. The van der Waals surface area contributed by atoms with Gasteiger partial charge >= 0.3 is 0 Å². The van der Waals surface area contributed by atoms with Gasteiger partial charge < -0.3 is 10.0 Å². The molecule has 5 heteroatoms. The maximum absolute atomic E-state index is 13.1. The number of piperidine rings is 1. The van der Waals surface area contributed by atoms with Gasteiger partial charge in [0, 0.05) is 42.2 Å². The van der Waals surface area contributed by atoms with Crippen LogP contribution in [0.3, 0.4) is 0 Å². The molecule has 1 saturated heterocycles. The number of benzene rings is 2. The van der Waals surface area contributed by atoms with Crippen LogP contribution in [0.2, 0.25) is 0 Å². The lowest BCUT2D eigenvalue weighted by atomic mass is 9.94. The molecule has 0 atom stereocenters. The fourth-order valence-corrected chi connectivity index (χ4v) is 3.85. The van der Waals surface area contributed by atoms with Crippen molar-refractivity contribution in [1.29, 1.82) is 0 Å². The highest BCUT2D eigenvalue weighted by Crippen LogP contribution is 2.23. The molecule has 150 valence electrons. The lowest BCUT2D eigenvalue weighted by molar-refractivity contribution is -0.130. The maximum Gasteiger partial charge on any atom is 0.224 e.